The van der Waals surface area contributed by atoms with Crippen molar-refractivity contribution in [3.05, 3.63) is 65.9 Å². The number of halogens is 1. The predicted octanol–water partition coefficient (Wildman–Crippen LogP) is 4.77. The van der Waals surface area contributed by atoms with Crippen LogP contribution in [-0.2, 0) is 0 Å². The van der Waals surface area contributed by atoms with Gasteiger partial charge in [0.25, 0.3) is 0 Å². The van der Waals surface area contributed by atoms with E-state index in [0.29, 0.717) is 63.1 Å². The van der Waals surface area contributed by atoms with E-state index in [4.69, 9.17) is 27.2 Å². The summed E-state index contributed by atoms with van der Waals surface area (Å²) in [5.41, 5.74) is 8.84. The van der Waals surface area contributed by atoms with Crippen molar-refractivity contribution in [3.63, 3.8) is 0 Å². The highest BCUT2D eigenvalue weighted by Crippen LogP contribution is 2.40. The number of nitrogen functional groups attached to an aromatic ring is 1. The number of hydrogen-bond acceptors (Lipinski definition) is 7. The van der Waals surface area contributed by atoms with Gasteiger partial charge < -0.3 is 15.6 Å². The van der Waals surface area contributed by atoms with Crippen LogP contribution < -0.4 is 10.5 Å². The summed E-state index contributed by atoms with van der Waals surface area (Å²) in [7, 11) is 0. The molecular weight excluding hydrogens is 440 g/mol. The Balaban J connectivity index is 1.49. The number of aromatic nitrogens is 5. The van der Waals surface area contributed by atoms with Crippen LogP contribution in [0.15, 0.2) is 60.9 Å². The first-order valence-corrected chi connectivity index (χ1v) is 10.9. The zero-order valence-corrected chi connectivity index (χ0v) is 18.1. The number of rotatable bonds is 4. The van der Waals surface area contributed by atoms with E-state index >= 15 is 0 Å². The van der Waals surface area contributed by atoms with Gasteiger partial charge in [-0.2, -0.15) is 5.10 Å². The fourth-order valence-electron chi connectivity index (χ4n) is 4.17. The molecule has 1 saturated carbocycles. The molecule has 0 spiro atoms. The first-order valence-electron chi connectivity index (χ1n) is 10.6. The Morgan fingerprint density at radius 1 is 1.06 bits per heavy atom. The highest BCUT2D eigenvalue weighted by molar-refractivity contribution is 6.34. The highest BCUT2D eigenvalue weighted by atomic mass is 35.5. The first-order chi connectivity index (χ1) is 16.1. The maximum Gasteiger partial charge on any atom is 0.219 e. The third kappa shape index (κ3) is 3.44. The third-order valence-electron chi connectivity index (χ3n) is 5.93. The number of pyridine rings is 1. The number of fused-ring (bicyclic) bond motifs is 2. The Bertz CT molecular complexity index is 1500. The van der Waals surface area contributed by atoms with Crippen LogP contribution in [0.2, 0.25) is 5.02 Å². The number of aliphatic hydroxyl groups excluding tert-OH is 1. The highest BCUT2D eigenvalue weighted by Gasteiger charge is 2.32. The Morgan fingerprint density at radius 3 is 2.67 bits per heavy atom. The molecule has 3 N–H and O–H groups in total. The molecule has 0 radical (unpaired) electrons. The fraction of sp³-hybridized carbons (Fsp3) is 0.167. The third-order valence-corrected chi connectivity index (χ3v) is 6.24. The normalized spacial score (nSPS) is 17.9. The molecule has 3 heterocycles. The molecule has 6 rings (SSSR count). The summed E-state index contributed by atoms with van der Waals surface area (Å²) in [4.78, 5) is 13.2. The van der Waals surface area contributed by atoms with Crippen LogP contribution in [0.3, 0.4) is 0 Å². The van der Waals surface area contributed by atoms with Gasteiger partial charge >= 0.3 is 0 Å². The minimum atomic E-state index is -0.326. The van der Waals surface area contributed by atoms with Gasteiger partial charge in [-0.15, -0.1) is 0 Å². The lowest BCUT2D eigenvalue weighted by Gasteiger charge is -2.31. The minimum Gasteiger partial charge on any atom is -0.439 e. The van der Waals surface area contributed by atoms with Crippen LogP contribution in [0, 0.1) is 0 Å². The molecule has 0 atom stereocenters. The zero-order chi connectivity index (χ0) is 22.5. The van der Waals surface area contributed by atoms with E-state index in [1.54, 1.807) is 0 Å². The number of nitrogens with two attached hydrogens (primary N) is 1. The van der Waals surface area contributed by atoms with E-state index in [0.717, 1.165) is 5.39 Å². The van der Waals surface area contributed by atoms with Gasteiger partial charge in [0.1, 0.15) is 23.6 Å². The number of ether oxygens (including phenoxy) is 1. The topological polar surface area (TPSA) is 112 Å². The summed E-state index contributed by atoms with van der Waals surface area (Å²) in [6.07, 6.45) is 2.33. The molecule has 0 bridgehead atoms. The molecule has 1 aliphatic carbocycles. The molecule has 1 aliphatic rings. The van der Waals surface area contributed by atoms with E-state index in [9.17, 15) is 5.11 Å². The number of aliphatic hydroxyl groups is 1. The lowest BCUT2D eigenvalue weighted by atomic mass is 9.90. The summed E-state index contributed by atoms with van der Waals surface area (Å²) in [5, 5.41) is 16.6. The smallest absolute Gasteiger partial charge is 0.219 e. The standard InChI is InChI=1S/C24H19ClN6O2/c25-18-8-13-6-7-20(33-16-4-2-1-3-5-16)29-19(13)11-17(18)22-21-23(26)27-12-28-24(21)31(30-22)14-9-15(32)10-14/h1-8,11-12,14-15,32H,9-10H2,(H2,26,27,28). The largest absolute Gasteiger partial charge is 0.439 e. The molecule has 0 aliphatic heterocycles. The molecule has 33 heavy (non-hydrogen) atoms. The van der Waals surface area contributed by atoms with E-state index < -0.39 is 0 Å². The Morgan fingerprint density at radius 2 is 1.88 bits per heavy atom. The number of nitrogens with zero attached hydrogens (tertiary/aromatic N) is 5. The van der Waals surface area contributed by atoms with Crippen LogP contribution in [-0.4, -0.2) is 35.9 Å². The molecule has 5 aromatic rings. The average Bonchev–Trinajstić information content (AvgIpc) is 3.18. The zero-order valence-electron chi connectivity index (χ0n) is 17.4. The van der Waals surface area contributed by atoms with E-state index in [-0.39, 0.29) is 12.1 Å². The molecule has 1 fully saturated rings. The van der Waals surface area contributed by atoms with Crippen LogP contribution in [0.5, 0.6) is 11.6 Å². The molecule has 8 nitrogen and oxygen atoms in total. The van der Waals surface area contributed by atoms with Gasteiger partial charge in [-0.05, 0) is 43.2 Å². The van der Waals surface area contributed by atoms with Gasteiger partial charge in [0.2, 0.25) is 5.88 Å². The first kappa shape index (κ1) is 19.9. The molecule has 9 heteroatoms. The van der Waals surface area contributed by atoms with Gasteiger partial charge in [0, 0.05) is 17.0 Å². The van der Waals surface area contributed by atoms with Crippen molar-refractivity contribution in [2.45, 2.75) is 25.0 Å². The second kappa shape index (κ2) is 7.68. The SMILES string of the molecule is Nc1ncnc2c1c(-c1cc3nc(Oc4ccccc4)ccc3cc1Cl)nn2C1CC(O)C1. The van der Waals surface area contributed by atoms with Gasteiger partial charge in [0.05, 0.1) is 28.1 Å². The summed E-state index contributed by atoms with van der Waals surface area (Å²) in [5.74, 6) is 1.51. The molecular formula is C24H19ClN6O2. The average molecular weight is 459 g/mol. The molecule has 0 unspecified atom stereocenters. The van der Waals surface area contributed by atoms with E-state index in [1.165, 1.54) is 6.33 Å². The number of anilines is 1. The quantitative estimate of drug-likeness (QED) is 0.399. The van der Waals surface area contributed by atoms with E-state index in [2.05, 4.69) is 15.0 Å². The van der Waals surface area contributed by atoms with Crippen LogP contribution in [0.25, 0.3) is 33.2 Å². The van der Waals surface area contributed by atoms with Crippen LogP contribution >= 0.6 is 11.6 Å². The van der Waals surface area contributed by atoms with Crippen molar-refractivity contribution in [2.24, 2.45) is 0 Å². The Kier molecular flexibility index (Phi) is 4.63. The van der Waals surface area contributed by atoms with Crippen molar-refractivity contribution in [2.75, 3.05) is 5.73 Å². The van der Waals surface area contributed by atoms with Gasteiger partial charge in [-0.1, -0.05) is 29.8 Å². The minimum absolute atomic E-state index is 0.0498. The Labute approximate surface area is 193 Å². The monoisotopic (exact) mass is 458 g/mol. The van der Waals surface area contributed by atoms with Gasteiger partial charge in [-0.25, -0.2) is 19.6 Å². The Hall–Kier alpha value is -3.75. The molecule has 0 amide bonds. The molecule has 3 aromatic heterocycles. The maximum absolute atomic E-state index is 9.78. The van der Waals surface area contributed by atoms with Crippen molar-refractivity contribution in [3.8, 4) is 22.9 Å². The van der Waals surface area contributed by atoms with Crippen molar-refractivity contribution < 1.29 is 9.84 Å². The van der Waals surface area contributed by atoms with Crippen LogP contribution in [0.4, 0.5) is 5.82 Å². The number of para-hydroxylation sites is 1. The van der Waals surface area contributed by atoms with Gasteiger partial charge in [0.15, 0.2) is 5.65 Å². The van der Waals surface area contributed by atoms with E-state index in [1.807, 2.05) is 59.3 Å². The lowest BCUT2D eigenvalue weighted by molar-refractivity contribution is 0.0452. The number of benzene rings is 2. The van der Waals surface area contributed by atoms with Crippen LogP contribution in [0.1, 0.15) is 18.9 Å². The predicted molar refractivity (Wildman–Crippen MR) is 126 cm³/mol. The maximum atomic E-state index is 9.78. The summed E-state index contributed by atoms with van der Waals surface area (Å²) < 4.78 is 7.71. The number of hydrogen-bond donors (Lipinski definition) is 2. The molecule has 0 saturated heterocycles. The summed E-state index contributed by atoms with van der Waals surface area (Å²) in [6, 6.07) is 17.0. The molecule has 164 valence electrons. The molecule has 2 aromatic carbocycles. The second-order valence-corrected chi connectivity index (χ2v) is 8.53. The lowest BCUT2D eigenvalue weighted by Crippen LogP contribution is -2.31. The second-order valence-electron chi connectivity index (χ2n) is 8.12. The summed E-state index contributed by atoms with van der Waals surface area (Å²) >= 11 is 6.69. The fourth-order valence-corrected chi connectivity index (χ4v) is 4.43. The van der Waals surface area contributed by atoms with Gasteiger partial charge in [-0.3, -0.25) is 0 Å². The van der Waals surface area contributed by atoms with Crippen molar-refractivity contribution in [1.82, 2.24) is 24.7 Å². The van der Waals surface area contributed by atoms with Crippen molar-refractivity contribution >= 4 is 39.4 Å². The van der Waals surface area contributed by atoms with Crippen molar-refractivity contribution in [1.29, 1.82) is 0 Å². The summed E-state index contributed by atoms with van der Waals surface area (Å²) in [6.45, 7) is 0.